The molecule has 0 amide bonds. The minimum atomic E-state index is 0.889. The Morgan fingerprint density at radius 3 is 2.86 bits per heavy atom. The van der Waals surface area contributed by atoms with E-state index < -0.39 is 0 Å². The molecule has 0 aliphatic carbocycles. The molecule has 0 saturated heterocycles. The van der Waals surface area contributed by atoms with E-state index in [1.807, 2.05) is 6.07 Å². The van der Waals surface area contributed by atoms with Crippen LogP contribution in [-0.2, 0) is 11.8 Å². The first kappa shape index (κ1) is 10.5. The molecule has 0 aliphatic rings. The van der Waals surface area contributed by atoms with Crippen LogP contribution in [-0.4, -0.2) is 0 Å². The van der Waals surface area contributed by atoms with Gasteiger partial charge in [0, 0.05) is 20.4 Å². The van der Waals surface area contributed by atoms with Crippen molar-refractivity contribution in [3.05, 3.63) is 33.7 Å². The molecule has 0 radical (unpaired) electrons. The zero-order valence-corrected chi connectivity index (χ0v) is 11.0. The van der Waals surface area contributed by atoms with Gasteiger partial charge in [-0.25, -0.2) is 0 Å². The highest BCUT2D eigenvalue weighted by Crippen LogP contribution is 2.34. The molecule has 0 fully saturated rings. The van der Waals surface area contributed by atoms with Crippen LogP contribution in [0.25, 0.3) is 10.1 Å². The van der Waals surface area contributed by atoms with Crippen LogP contribution >= 0.6 is 38.9 Å². The number of aryl methyl sites for hydroxylation is 1. The van der Waals surface area contributed by atoms with Crippen molar-refractivity contribution in [2.45, 2.75) is 18.7 Å². The van der Waals surface area contributed by atoms with E-state index in [0.29, 0.717) is 0 Å². The summed E-state index contributed by atoms with van der Waals surface area (Å²) < 4.78 is 1.33. The first-order valence-electron chi connectivity index (χ1n) is 4.51. The molecular formula is C11H10BrClS. The molecular weight excluding hydrogens is 280 g/mol. The molecule has 2 aromatic rings. The summed E-state index contributed by atoms with van der Waals surface area (Å²) in [4.78, 5) is 0. The second kappa shape index (κ2) is 4.21. The lowest BCUT2D eigenvalue weighted by Crippen LogP contribution is -1.85. The van der Waals surface area contributed by atoms with Crippen molar-refractivity contribution in [3.8, 4) is 0 Å². The van der Waals surface area contributed by atoms with Crippen LogP contribution in [0.3, 0.4) is 0 Å². The van der Waals surface area contributed by atoms with Crippen LogP contribution in [0.15, 0.2) is 17.5 Å². The van der Waals surface area contributed by atoms with E-state index in [-0.39, 0.29) is 0 Å². The summed E-state index contributed by atoms with van der Waals surface area (Å²) in [5.74, 6) is 0. The lowest BCUT2D eigenvalue weighted by atomic mass is 10.1. The smallest absolute Gasteiger partial charge is 0.0444 e. The summed E-state index contributed by atoms with van der Waals surface area (Å²) in [5, 5.41) is 5.34. The predicted molar refractivity (Wildman–Crippen MR) is 68.8 cm³/mol. The van der Waals surface area contributed by atoms with Gasteiger partial charge in [-0.15, -0.1) is 11.3 Å². The van der Waals surface area contributed by atoms with E-state index in [1.54, 1.807) is 11.3 Å². The van der Waals surface area contributed by atoms with Crippen molar-refractivity contribution in [1.29, 1.82) is 0 Å². The van der Waals surface area contributed by atoms with Crippen molar-refractivity contribution < 1.29 is 0 Å². The Morgan fingerprint density at radius 1 is 1.43 bits per heavy atom. The van der Waals surface area contributed by atoms with Crippen molar-refractivity contribution in [3.63, 3.8) is 0 Å². The van der Waals surface area contributed by atoms with E-state index >= 15 is 0 Å². The third-order valence-corrected chi connectivity index (χ3v) is 4.32. The highest BCUT2D eigenvalue weighted by molar-refractivity contribution is 9.08. The minimum absolute atomic E-state index is 0.889. The monoisotopic (exact) mass is 288 g/mol. The van der Waals surface area contributed by atoms with Crippen LogP contribution in [0, 0.1) is 0 Å². The molecule has 0 spiro atoms. The largest absolute Gasteiger partial charge is 0.143 e. The normalized spacial score (nSPS) is 11.1. The van der Waals surface area contributed by atoms with Gasteiger partial charge in [-0.2, -0.15) is 0 Å². The van der Waals surface area contributed by atoms with E-state index in [9.17, 15) is 0 Å². The SMILES string of the molecule is CCc1c(Cl)ccc2scc(CBr)c12. The summed E-state index contributed by atoms with van der Waals surface area (Å²) in [6, 6.07) is 4.10. The van der Waals surface area contributed by atoms with Gasteiger partial charge in [-0.05, 0) is 35.1 Å². The molecule has 1 aromatic heterocycles. The lowest BCUT2D eigenvalue weighted by Gasteiger charge is -2.04. The second-order valence-corrected chi connectivity index (χ2v) is 5.03. The molecule has 1 heterocycles. The highest BCUT2D eigenvalue weighted by atomic mass is 79.9. The van der Waals surface area contributed by atoms with Gasteiger partial charge in [-0.3, -0.25) is 0 Å². The topological polar surface area (TPSA) is 0 Å². The van der Waals surface area contributed by atoms with Gasteiger partial charge in [0.05, 0.1) is 0 Å². The molecule has 0 atom stereocenters. The maximum absolute atomic E-state index is 6.18. The van der Waals surface area contributed by atoms with Gasteiger partial charge in [0.1, 0.15) is 0 Å². The van der Waals surface area contributed by atoms with Crippen LogP contribution < -0.4 is 0 Å². The molecule has 0 N–H and O–H groups in total. The van der Waals surface area contributed by atoms with Gasteiger partial charge in [0.25, 0.3) is 0 Å². The van der Waals surface area contributed by atoms with E-state index in [1.165, 1.54) is 21.2 Å². The number of fused-ring (bicyclic) bond motifs is 1. The molecule has 0 aliphatic heterocycles. The van der Waals surface area contributed by atoms with Crippen molar-refractivity contribution in [2.24, 2.45) is 0 Å². The van der Waals surface area contributed by atoms with Gasteiger partial charge in [0.2, 0.25) is 0 Å². The zero-order valence-electron chi connectivity index (χ0n) is 7.81. The molecule has 74 valence electrons. The highest BCUT2D eigenvalue weighted by Gasteiger charge is 2.09. The van der Waals surface area contributed by atoms with Crippen molar-refractivity contribution in [2.75, 3.05) is 0 Å². The van der Waals surface area contributed by atoms with Gasteiger partial charge >= 0.3 is 0 Å². The summed E-state index contributed by atoms with van der Waals surface area (Å²) in [6.07, 6.45) is 0.993. The van der Waals surface area contributed by atoms with Crippen LogP contribution in [0.1, 0.15) is 18.1 Å². The van der Waals surface area contributed by atoms with Gasteiger partial charge in [-0.1, -0.05) is 34.5 Å². The Balaban J connectivity index is 2.81. The van der Waals surface area contributed by atoms with E-state index in [2.05, 4.69) is 34.3 Å². The summed E-state index contributed by atoms with van der Waals surface area (Å²) in [6.45, 7) is 2.15. The average molecular weight is 290 g/mol. The predicted octanol–water partition coefficient (Wildman–Crippen LogP) is 5.01. The quantitative estimate of drug-likeness (QED) is 0.682. The fraction of sp³-hybridized carbons (Fsp3) is 0.273. The molecule has 0 bridgehead atoms. The Kier molecular flexibility index (Phi) is 3.15. The number of alkyl halides is 1. The van der Waals surface area contributed by atoms with Gasteiger partial charge < -0.3 is 0 Å². The van der Waals surface area contributed by atoms with Gasteiger partial charge in [0.15, 0.2) is 0 Å². The molecule has 1 aromatic carbocycles. The number of hydrogen-bond donors (Lipinski definition) is 0. The second-order valence-electron chi connectivity index (χ2n) is 3.15. The third-order valence-electron chi connectivity index (χ3n) is 2.36. The maximum Gasteiger partial charge on any atom is 0.0444 e. The molecule has 14 heavy (non-hydrogen) atoms. The third kappa shape index (κ3) is 1.60. The molecule has 0 nitrogen and oxygen atoms in total. The molecule has 0 unspecified atom stereocenters. The summed E-state index contributed by atoms with van der Waals surface area (Å²) in [7, 11) is 0. The zero-order chi connectivity index (χ0) is 10.1. The van der Waals surface area contributed by atoms with Crippen molar-refractivity contribution >= 4 is 49.0 Å². The summed E-state index contributed by atoms with van der Waals surface area (Å²) in [5.41, 5.74) is 2.63. The average Bonchev–Trinajstić information content (AvgIpc) is 2.61. The Morgan fingerprint density at radius 2 is 2.21 bits per heavy atom. The Hall–Kier alpha value is -0.0500. The Labute approximate surface area is 101 Å². The van der Waals surface area contributed by atoms with E-state index in [4.69, 9.17) is 11.6 Å². The van der Waals surface area contributed by atoms with Crippen molar-refractivity contribution in [1.82, 2.24) is 0 Å². The van der Waals surface area contributed by atoms with E-state index in [0.717, 1.165) is 16.8 Å². The molecule has 0 saturated carbocycles. The molecule has 3 heteroatoms. The lowest BCUT2D eigenvalue weighted by molar-refractivity contribution is 1.16. The van der Waals surface area contributed by atoms with Crippen LogP contribution in [0.2, 0.25) is 5.02 Å². The first-order chi connectivity index (χ1) is 6.77. The number of thiophene rings is 1. The number of hydrogen-bond acceptors (Lipinski definition) is 1. The minimum Gasteiger partial charge on any atom is -0.143 e. The first-order valence-corrected chi connectivity index (χ1v) is 6.89. The number of benzene rings is 1. The number of halogens is 2. The van der Waals surface area contributed by atoms with Crippen LogP contribution in [0.4, 0.5) is 0 Å². The Bertz CT molecular complexity index is 462. The molecule has 2 rings (SSSR count). The van der Waals surface area contributed by atoms with Crippen LogP contribution in [0.5, 0.6) is 0 Å². The summed E-state index contributed by atoms with van der Waals surface area (Å²) >= 11 is 11.5. The number of rotatable bonds is 2. The fourth-order valence-electron chi connectivity index (χ4n) is 1.69. The standard InChI is InChI=1S/C11H10BrClS/c1-2-8-9(13)3-4-10-11(8)7(5-12)6-14-10/h3-4,6H,2,5H2,1H3. The fourth-order valence-corrected chi connectivity index (χ4v) is 3.63. The maximum atomic E-state index is 6.18.